The number of rotatable bonds is 3. The van der Waals surface area contributed by atoms with Crippen molar-refractivity contribution < 1.29 is 18.8 Å². The summed E-state index contributed by atoms with van der Waals surface area (Å²) in [6.45, 7) is 4.68. The molecule has 146 valence electrons. The second kappa shape index (κ2) is 8.37. The Morgan fingerprint density at radius 2 is 1.59 bits per heavy atom. The lowest BCUT2D eigenvalue weighted by Gasteiger charge is -2.34. The molecule has 3 rings (SSSR count). The Bertz CT molecular complexity index is 726. The smallest absolute Gasteiger partial charge is 0.317 e. The number of carbonyl (C=O) groups excluding carboxylic acids is 3. The average Bonchev–Trinajstić information content (AvgIpc) is 3.22. The van der Waals surface area contributed by atoms with Crippen molar-refractivity contribution >= 4 is 17.8 Å². The molecular formula is C19H25FN4O3. The van der Waals surface area contributed by atoms with Crippen LogP contribution in [0.25, 0.3) is 0 Å². The molecule has 0 aliphatic carbocycles. The number of amides is 4. The minimum absolute atomic E-state index is 0.000617. The lowest BCUT2D eigenvalue weighted by Crippen LogP contribution is -2.54. The molecule has 7 nitrogen and oxygen atoms in total. The number of hydrogen-bond donors (Lipinski definition) is 1. The predicted molar refractivity (Wildman–Crippen MR) is 97.8 cm³/mol. The van der Waals surface area contributed by atoms with Crippen LogP contribution >= 0.6 is 0 Å². The van der Waals surface area contributed by atoms with Crippen LogP contribution in [0.3, 0.4) is 0 Å². The van der Waals surface area contributed by atoms with Crippen molar-refractivity contribution in [2.24, 2.45) is 0 Å². The number of piperazine rings is 1. The summed E-state index contributed by atoms with van der Waals surface area (Å²) in [5, 5.41) is 2.66. The van der Waals surface area contributed by atoms with Crippen LogP contribution in [0.1, 0.15) is 28.8 Å². The summed E-state index contributed by atoms with van der Waals surface area (Å²) in [6, 6.07) is 4.16. The van der Waals surface area contributed by atoms with E-state index in [0.29, 0.717) is 37.3 Å². The van der Waals surface area contributed by atoms with Gasteiger partial charge in [-0.25, -0.2) is 9.18 Å². The number of carbonyl (C=O) groups is 3. The van der Waals surface area contributed by atoms with Gasteiger partial charge in [-0.05, 0) is 37.5 Å². The molecule has 0 unspecified atom stereocenters. The Morgan fingerprint density at radius 1 is 0.963 bits per heavy atom. The molecule has 0 radical (unpaired) electrons. The summed E-state index contributed by atoms with van der Waals surface area (Å²) in [5.74, 6) is -0.698. The van der Waals surface area contributed by atoms with Crippen LogP contribution < -0.4 is 5.32 Å². The lowest BCUT2D eigenvalue weighted by molar-refractivity contribution is -0.129. The van der Waals surface area contributed by atoms with Gasteiger partial charge < -0.3 is 20.0 Å². The highest BCUT2D eigenvalue weighted by Crippen LogP contribution is 2.13. The van der Waals surface area contributed by atoms with E-state index in [1.807, 2.05) is 0 Å². The molecule has 0 bridgehead atoms. The third kappa shape index (κ3) is 4.56. The van der Waals surface area contributed by atoms with Crippen molar-refractivity contribution in [3.63, 3.8) is 0 Å². The first kappa shape index (κ1) is 19.1. The van der Waals surface area contributed by atoms with Crippen molar-refractivity contribution in [3.05, 3.63) is 35.1 Å². The first-order valence-corrected chi connectivity index (χ1v) is 9.31. The summed E-state index contributed by atoms with van der Waals surface area (Å²) in [5.41, 5.74) is 0.809. The Balaban J connectivity index is 1.46. The van der Waals surface area contributed by atoms with Gasteiger partial charge in [-0.1, -0.05) is 6.07 Å². The van der Waals surface area contributed by atoms with Crippen LogP contribution in [0.4, 0.5) is 9.18 Å². The van der Waals surface area contributed by atoms with E-state index in [1.165, 1.54) is 6.07 Å². The number of urea groups is 1. The van der Waals surface area contributed by atoms with Crippen LogP contribution in [-0.2, 0) is 4.79 Å². The molecule has 1 aromatic rings. The Hall–Kier alpha value is -2.64. The number of likely N-dealkylation sites (tertiary alicyclic amines) is 1. The van der Waals surface area contributed by atoms with E-state index in [0.717, 1.165) is 25.9 Å². The fourth-order valence-electron chi connectivity index (χ4n) is 3.36. The van der Waals surface area contributed by atoms with Crippen LogP contribution in [0.5, 0.6) is 0 Å². The minimum Gasteiger partial charge on any atom is -0.341 e. The van der Waals surface area contributed by atoms with Crippen molar-refractivity contribution in [2.45, 2.75) is 19.8 Å². The molecule has 8 heteroatoms. The highest BCUT2D eigenvalue weighted by Gasteiger charge is 2.26. The first-order chi connectivity index (χ1) is 13.0. The molecule has 1 N–H and O–H groups in total. The van der Waals surface area contributed by atoms with Gasteiger partial charge in [-0.3, -0.25) is 9.59 Å². The largest absolute Gasteiger partial charge is 0.341 e. The van der Waals surface area contributed by atoms with E-state index in [-0.39, 0.29) is 24.4 Å². The van der Waals surface area contributed by atoms with Crippen molar-refractivity contribution in [1.29, 1.82) is 0 Å². The van der Waals surface area contributed by atoms with E-state index in [9.17, 15) is 18.8 Å². The number of aryl methyl sites for hydroxylation is 1. The topological polar surface area (TPSA) is 73.0 Å². The molecule has 0 spiro atoms. The van der Waals surface area contributed by atoms with Gasteiger partial charge in [0.15, 0.2) is 0 Å². The molecule has 0 saturated carbocycles. The predicted octanol–water partition coefficient (Wildman–Crippen LogP) is 1.22. The molecule has 27 heavy (non-hydrogen) atoms. The lowest BCUT2D eigenvalue weighted by atomic mass is 10.1. The zero-order valence-corrected chi connectivity index (χ0v) is 15.5. The van der Waals surface area contributed by atoms with Crippen LogP contribution in [0.15, 0.2) is 18.2 Å². The first-order valence-electron chi connectivity index (χ1n) is 9.31. The van der Waals surface area contributed by atoms with Crippen LogP contribution in [0, 0.1) is 12.7 Å². The quantitative estimate of drug-likeness (QED) is 0.862. The fourth-order valence-corrected chi connectivity index (χ4v) is 3.36. The normalized spacial score (nSPS) is 17.2. The Morgan fingerprint density at radius 3 is 2.22 bits per heavy atom. The van der Waals surface area contributed by atoms with Gasteiger partial charge in [-0.15, -0.1) is 0 Å². The molecule has 1 aromatic carbocycles. The maximum absolute atomic E-state index is 13.7. The standard InChI is InChI=1S/C19H25FN4O3/c1-14-4-5-15(12-16(14)20)18(26)23-8-10-24(11-9-23)19(27)21-13-17(25)22-6-2-3-7-22/h4-5,12H,2-3,6-11,13H2,1H3,(H,21,27). The van der Waals surface area contributed by atoms with E-state index in [1.54, 1.807) is 33.8 Å². The molecule has 2 saturated heterocycles. The molecule has 2 fully saturated rings. The molecule has 2 aliphatic heterocycles. The maximum Gasteiger partial charge on any atom is 0.317 e. The van der Waals surface area contributed by atoms with E-state index < -0.39 is 5.82 Å². The Kier molecular flexibility index (Phi) is 5.93. The summed E-state index contributed by atoms with van der Waals surface area (Å²) in [4.78, 5) is 41.7. The minimum atomic E-state index is -0.401. The van der Waals surface area contributed by atoms with E-state index in [4.69, 9.17) is 0 Å². The molecular weight excluding hydrogens is 351 g/mol. The van der Waals surface area contributed by atoms with Crippen molar-refractivity contribution in [2.75, 3.05) is 45.8 Å². The molecule has 0 atom stereocenters. The highest BCUT2D eigenvalue weighted by molar-refractivity contribution is 5.94. The fraction of sp³-hybridized carbons (Fsp3) is 0.526. The molecule has 4 amide bonds. The van der Waals surface area contributed by atoms with Crippen molar-refractivity contribution in [3.8, 4) is 0 Å². The van der Waals surface area contributed by atoms with Gasteiger partial charge >= 0.3 is 6.03 Å². The number of halogens is 1. The number of hydrogen-bond acceptors (Lipinski definition) is 3. The number of benzene rings is 1. The van der Waals surface area contributed by atoms with Crippen molar-refractivity contribution in [1.82, 2.24) is 20.0 Å². The number of nitrogens with zero attached hydrogens (tertiary/aromatic N) is 3. The third-order valence-electron chi connectivity index (χ3n) is 5.12. The van der Waals surface area contributed by atoms with E-state index >= 15 is 0 Å². The van der Waals surface area contributed by atoms with Gasteiger partial charge in [0.2, 0.25) is 5.91 Å². The third-order valence-corrected chi connectivity index (χ3v) is 5.12. The SMILES string of the molecule is Cc1ccc(C(=O)N2CCN(C(=O)NCC(=O)N3CCCC3)CC2)cc1F. The monoisotopic (exact) mass is 376 g/mol. The summed E-state index contributed by atoms with van der Waals surface area (Å²) < 4.78 is 13.7. The maximum atomic E-state index is 13.7. The van der Waals surface area contributed by atoms with Gasteiger partial charge in [0.05, 0.1) is 6.54 Å². The average molecular weight is 376 g/mol. The second-order valence-corrected chi connectivity index (χ2v) is 6.99. The molecule has 0 aromatic heterocycles. The highest BCUT2D eigenvalue weighted by atomic mass is 19.1. The van der Waals surface area contributed by atoms with Gasteiger partial charge in [0, 0.05) is 44.8 Å². The molecule has 2 aliphatic rings. The zero-order chi connectivity index (χ0) is 19.4. The molecule has 2 heterocycles. The van der Waals surface area contributed by atoms with Crippen LogP contribution in [-0.4, -0.2) is 78.4 Å². The van der Waals surface area contributed by atoms with Crippen LogP contribution in [0.2, 0.25) is 0 Å². The Labute approximate surface area is 158 Å². The summed E-state index contributed by atoms with van der Waals surface area (Å²) in [7, 11) is 0. The van der Waals surface area contributed by atoms with Gasteiger partial charge in [0.25, 0.3) is 5.91 Å². The van der Waals surface area contributed by atoms with Gasteiger partial charge in [0.1, 0.15) is 5.82 Å². The van der Waals surface area contributed by atoms with E-state index in [2.05, 4.69) is 5.32 Å². The summed E-state index contributed by atoms with van der Waals surface area (Å²) >= 11 is 0. The zero-order valence-electron chi connectivity index (χ0n) is 15.5. The summed E-state index contributed by atoms with van der Waals surface area (Å²) in [6.07, 6.45) is 2.03. The van der Waals surface area contributed by atoms with Gasteiger partial charge in [-0.2, -0.15) is 0 Å². The second-order valence-electron chi connectivity index (χ2n) is 6.99. The number of nitrogens with one attached hydrogen (secondary N) is 1.